The molecule has 9 N–H and O–H groups in total. The van der Waals surface area contributed by atoms with Crippen molar-refractivity contribution >= 4 is 41.6 Å². The van der Waals surface area contributed by atoms with Gasteiger partial charge >= 0.3 is 23.9 Å². The molecule has 0 aliphatic rings. The Bertz CT molecular complexity index is 785. The van der Waals surface area contributed by atoms with Crippen LogP contribution in [0.5, 0.6) is 0 Å². The Balaban J connectivity index is 5.61. The van der Waals surface area contributed by atoms with Crippen LogP contribution in [0.15, 0.2) is 0 Å². The lowest BCUT2D eigenvalue weighted by Gasteiger charge is -2.27. The summed E-state index contributed by atoms with van der Waals surface area (Å²) in [5.41, 5.74) is 5.48. The van der Waals surface area contributed by atoms with Crippen LogP contribution in [0.4, 0.5) is 0 Å². The molecule has 5 unspecified atom stereocenters. The average Bonchev–Trinajstić information content (AvgIpc) is 2.68. The topological polar surface area (TPSA) is 263 Å². The van der Waals surface area contributed by atoms with Crippen LogP contribution in [0.3, 0.4) is 0 Å². The molecule has 0 aromatic carbocycles. The van der Waals surface area contributed by atoms with E-state index in [1.165, 1.54) is 0 Å². The predicted octanol–water partition coefficient (Wildman–Crippen LogP) is -2.68. The van der Waals surface area contributed by atoms with Gasteiger partial charge in [-0.1, -0.05) is 20.3 Å². The zero-order valence-corrected chi connectivity index (χ0v) is 17.9. The first-order valence-corrected chi connectivity index (χ1v) is 9.74. The first kappa shape index (κ1) is 29.2. The van der Waals surface area contributed by atoms with Gasteiger partial charge in [-0.05, 0) is 5.92 Å². The number of nitrogens with one attached hydrogen (secondary N) is 3. The van der Waals surface area contributed by atoms with E-state index in [-0.39, 0.29) is 0 Å². The van der Waals surface area contributed by atoms with Crippen molar-refractivity contribution in [1.29, 1.82) is 0 Å². The van der Waals surface area contributed by atoms with E-state index in [0.29, 0.717) is 6.42 Å². The SMILES string of the molecule is CCC(C)C(NC(=O)C(N)CC(=O)O)C(=O)NC(CC(=O)O)C(=O)NC(CC(=O)O)C(=O)O. The standard InChI is InChI=1S/C18H28N4O11/c1-3-7(2)14(22-15(29)8(19)4-11(23)24)17(31)20-9(5-12(25)26)16(30)21-10(18(32)33)6-13(27)28/h7-10,14H,3-6,19H2,1-2H3,(H,20,31)(H,21,30)(H,22,29)(H,23,24)(H,25,26)(H,27,28)(H,32,33). The summed E-state index contributed by atoms with van der Waals surface area (Å²) in [5, 5.41) is 41.8. The molecule has 0 aliphatic carbocycles. The van der Waals surface area contributed by atoms with Gasteiger partial charge in [-0.2, -0.15) is 0 Å². The summed E-state index contributed by atoms with van der Waals surface area (Å²) in [4.78, 5) is 81.1. The summed E-state index contributed by atoms with van der Waals surface area (Å²) in [6, 6.07) is -6.50. The number of carbonyl (C=O) groups excluding carboxylic acids is 3. The van der Waals surface area contributed by atoms with Crippen molar-refractivity contribution in [3.05, 3.63) is 0 Å². The van der Waals surface area contributed by atoms with E-state index < -0.39 is 90.9 Å². The first-order chi connectivity index (χ1) is 15.2. The largest absolute Gasteiger partial charge is 0.481 e. The van der Waals surface area contributed by atoms with Crippen molar-refractivity contribution in [2.45, 2.75) is 63.7 Å². The fourth-order valence-electron chi connectivity index (χ4n) is 2.54. The molecule has 33 heavy (non-hydrogen) atoms. The van der Waals surface area contributed by atoms with Crippen molar-refractivity contribution in [2.75, 3.05) is 0 Å². The van der Waals surface area contributed by atoms with Crippen molar-refractivity contribution in [3.8, 4) is 0 Å². The third-order valence-corrected chi connectivity index (χ3v) is 4.53. The Morgan fingerprint density at radius 2 is 1.15 bits per heavy atom. The van der Waals surface area contributed by atoms with Gasteiger partial charge in [0.25, 0.3) is 0 Å². The summed E-state index contributed by atoms with van der Waals surface area (Å²) in [6.45, 7) is 3.21. The second kappa shape index (κ2) is 13.6. The van der Waals surface area contributed by atoms with Gasteiger partial charge in [-0.25, -0.2) is 4.79 Å². The number of carboxylic acid groups (broad SMARTS) is 4. The summed E-state index contributed by atoms with van der Waals surface area (Å²) >= 11 is 0. The van der Waals surface area contributed by atoms with E-state index in [4.69, 9.17) is 26.2 Å². The molecule has 0 heterocycles. The Hall–Kier alpha value is -3.75. The Labute approximate surface area is 187 Å². The predicted molar refractivity (Wildman–Crippen MR) is 108 cm³/mol. The maximum absolute atomic E-state index is 12.8. The van der Waals surface area contributed by atoms with E-state index in [9.17, 15) is 33.6 Å². The molecule has 0 spiro atoms. The normalized spacial score (nSPS) is 15.1. The molecule has 0 aliphatic heterocycles. The Morgan fingerprint density at radius 1 is 0.697 bits per heavy atom. The molecule has 5 atom stereocenters. The quantitative estimate of drug-likeness (QED) is 0.120. The van der Waals surface area contributed by atoms with Crippen LogP contribution in [0.2, 0.25) is 0 Å². The van der Waals surface area contributed by atoms with E-state index >= 15 is 0 Å². The monoisotopic (exact) mass is 476 g/mol. The minimum absolute atomic E-state index is 0.335. The third-order valence-electron chi connectivity index (χ3n) is 4.53. The lowest BCUT2D eigenvalue weighted by atomic mass is 9.97. The highest BCUT2D eigenvalue weighted by Gasteiger charge is 2.34. The van der Waals surface area contributed by atoms with Gasteiger partial charge in [0, 0.05) is 0 Å². The molecular weight excluding hydrogens is 448 g/mol. The summed E-state index contributed by atoms with van der Waals surface area (Å²) in [7, 11) is 0. The molecular formula is C18H28N4O11. The molecule has 0 saturated carbocycles. The smallest absolute Gasteiger partial charge is 0.326 e. The number of carboxylic acids is 4. The van der Waals surface area contributed by atoms with Crippen LogP contribution in [0, 0.1) is 5.92 Å². The maximum atomic E-state index is 12.8. The van der Waals surface area contributed by atoms with Crippen LogP contribution in [-0.2, 0) is 33.6 Å². The van der Waals surface area contributed by atoms with Crippen molar-refractivity contribution in [1.82, 2.24) is 16.0 Å². The van der Waals surface area contributed by atoms with Crippen LogP contribution >= 0.6 is 0 Å². The van der Waals surface area contributed by atoms with Gasteiger partial charge < -0.3 is 42.1 Å². The van der Waals surface area contributed by atoms with Crippen LogP contribution in [0.1, 0.15) is 39.5 Å². The summed E-state index contributed by atoms with van der Waals surface area (Å²) < 4.78 is 0. The highest BCUT2D eigenvalue weighted by molar-refractivity contribution is 5.96. The summed E-state index contributed by atoms with van der Waals surface area (Å²) in [5.74, 6) is -9.92. The van der Waals surface area contributed by atoms with Gasteiger partial charge in [-0.3, -0.25) is 28.8 Å². The fraction of sp³-hybridized carbons (Fsp3) is 0.611. The molecule has 0 bridgehead atoms. The number of nitrogens with two attached hydrogens (primary N) is 1. The van der Waals surface area contributed by atoms with Crippen molar-refractivity contribution in [3.63, 3.8) is 0 Å². The lowest BCUT2D eigenvalue weighted by Crippen LogP contribution is -2.59. The molecule has 3 amide bonds. The number of rotatable bonds is 15. The molecule has 15 nitrogen and oxygen atoms in total. The molecule has 0 aromatic rings. The number of hydrogen-bond donors (Lipinski definition) is 8. The van der Waals surface area contributed by atoms with E-state index in [0.717, 1.165) is 0 Å². The number of carbonyl (C=O) groups is 7. The Morgan fingerprint density at radius 3 is 1.58 bits per heavy atom. The minimum atomic E-state index is -1.89. The minimum Gasteiger partial charge on any atom is -0.481 e. The molecule has 0 fully saturated rings. The fourth-order valence-corrected chi connectivity index (χ4v) is 2.54. The number of hydrogen-bond acceptors (Lipinski definition) is 8. The van der Waals surface area contributed by atoms with Crippen LogP contribution in [0.25, 0.3) is 0 Å². The Kier molecular flexibility index (Phi) is 12.1. The van der Waals surface area contributed by atoms with Gasteiger partial charge in [0.05, 0.1) is 25.3 Å². The highest BCUT2D eigenvalue weighted by Crippen LogP contribution is 2.10. The number of aliphatic carboxylic acids is 4. The summed E-state index contributed by atoms with van der Waals surface area (Å²) in [6.07, 6.45) is -2.36. The molecule has 0 radical (unpaired) electrons. The van der Waals surface area contributed by atoms with Gasteiger partial charge in [0.2, 0.25) is 17.7 Å². The average molecular weight is 476 g/mol. The molecule has 0 rings (SSSR count). The van der Waals surface area contributed by atoms with Gasteiger partial charge in [-0.15, -0.1) is 0 Å². The van der Waals surface area contributed by atoms with Crippen molar-refractivity contribution in [2.24, 2.45) is 11.7 Å². The first-order valence-electron chi connectivity index (χ1n) is 9.74. The molecule has 186 valence electrons. The maximum Gasteiger partial charge on any atom is 0.326 e. The number of amides is 3. The molecule has 0 aromatic heterocycles. The van der Waals surface area contributed by atoms with E-state index in [1.54, 1.807) is 13.8 Å². The van der Waals surface area contributed by atoms with E-state index in [2.05, 4.69) is 10.6 Å². The van der Waals surface area contributed by atoms with Crippen LogP contribution in [-0.4, -0.2) is 86.2 Å². The second-order valence-electron chi connectivity index (χ2n) is 7.23. The van der Waals surface area contributed by atoms with E-state index in [1.807, 2.05) is 5.32 Å². The highest BCUT2D eigenvalue weighted by atomic mass is 16.4. The zero-order chi connectivity index (χ0) is 25.9. The van der Waals surface area contributed by atoms with Crippen LogP contribution < -0.4 is 21.7 Å². The molecule has 0 saturated heterocycles. The second-order valence-corrected chi connectivity index (χ2v) is 7.23. The third kappa shape index (κ3) is 10.9. The van der Waals surface area contributed by atoms with Gasteiger partial charge in [0.1, 0.15) is 18.1 Å². The zero-order valence-electron chi connectivity index (χ0n) is 17.9. The molecule has 15 heteroatoms. The lowest BCUT2D eigenvalue weighted by molar-refractivity contribution is -0.148. The van der Waals surface area contributed by atoms with Gasteiger partial charge in [0.15, 0.2) is 0 Å². The van der Waals surface area contributed by atoms with Crippen molar-refractivity contribution < 1.29 is 54.0 Å².